The lowest BCUT2D eigenvalue weighted by Crippen LogP contribution is -2.36. The first-order valence-corrected chi connectivity index (χ1v) is 6.96. The predicted molar refractivity (Wildman–Crippen MR) is 74.8 cm³/mol. The van der Waals surface area contributed by atoms with E-state index in [9.17, 15) is 5.11 Å². The largest absolute Gasteiger partial charge is 0.497 e. The number of hydrogen-bond acceptors (Lipinski definition) is 4. The highest BCUT2D eigenvalue weighted by molar-refractivity contribution is 5.32. The molecule has 1 aromatic carbocycles. The molecule has 0 aliphatic heterocycles. The van der Waals surface area contributed by atoms with Crippen LogP contribution in [0.3, 0.4) is 0 Å². The van der Waals surface area contributed by atoms with Crippen molar-refractivity contribution in [1.82, 2.24) is 5.32 Å². The van der Waals surface area contributed by atoms with Crippen LogP contribution in [0.1, 0.15) is 25.7 Å². The maximum atomic E-state index is 9.88. The SMILES string of the molecule is COc1cccc(OC[C@@H](O)CNC2CCCC2)c1. The number of nitrogens with one attached hydrogen (secondary N) is 1. The summed E-state index contributed by atoms with van der Waals surface area (Å²) in [6.45, 7) is 0.890. The Morgan fingerprint density at radius 1 is 1.32 bits per heavy atom. The summed E-state index contributed by atoms with van der Waals surface area (Å²) in [6.07, 6.45) is 4.57. The third kappa shape index (κ3) is 4.73. The zero-order valence-corrected chi connectivity index (χ0v) is 11.5. The van der Waals surface area contributed by atoms with Crippen LogP contribution in [0.5, 0.6) is 11.5 Å². The number of rotatable bonds is 7. The van der Waals surface area contributed by atoms with Crippen molar-refractivity contribution in [2.45, 2.75) is 37.8 Å². The zero-order chi connectivity index (χ0) is 13.5. The fourth-order valence-corrected chi connectivity index (χ4v) is 2.37. The average Bonchev–Trinajstić information content (AvgIpc) is 2.96. The molecule has 0 unspecified atom stereocenters. The summed E-state index contributed by atoms with van der Waals surface area (Å²) >= 11 is 0. The number of aliphatic hydroxyl groups is 1. The van der Waals surface area contributed by atoms with Crippen molar-refractivity contribution in [2.75, 3.05) is 20.3 Å². The Kier molecular flexibility index (Phi) is 5.48. The fourth-order valence-electron chi connectivity index (χ4n) is 2.37. The molecule has 0 radical (unpaired) electrons. The van der Waals surface area contributed by atoms with E-state index in [0.717, 1.165) is 11.5 Å². The van der Waals surface area contributed by atoms with Crippen molar-refractivity contribution >= 4 is 0 Å². The van der Waals surface area contributed by atoms with Crippen molar-refractivity contribution in [2.24, 2.45) is 0 Å². The molecule has 1 saturated carbocycles. The van der Waals surface area contributed by atoms with Crippen molar-refractivity contribution in [3.8, 4) is 11.5 Å². The molecule has 2 N–H and O–H groups in total. The van der Waals surface area contributed by atoms with E-state index in [4.69, 9.17) is 9.47 Å². The number of methoxy groups -OCH3 is 1. The number of hydrogen-bond donors (Lipinski definition) is 2. The first-order chi connectivity index (χ1) is 9.28. The van der Waals surface area contributed by atoms with E-state index < -0.39 is 6.10 Å². The lowest BCUT2D eigenvalue weighted by molar-refractivity contribution is 0.103. The fraction of sp³-hybridized carbons (Fsp3) is 0.600. The number of ether oxygens (including phenoxy) is 2. The van der Waals surface area contributed by atoms with Gasteiger partial charge in [-0.05, 0) is 25.0 Å². The molecule has 1 aromatic rings. The summed E-state index contributed by atoms with van der Waals surface area (Å²) in [4.78, 5) is 0. The van der Waals surface area contributed by atoms with Gasteiger partial charge in [-0.2, -0.15) is 0 Å². The van der Waals surface area contributed by atoms with E-state index in [1.54, 1.807) is 7.11 Å². The molecule has 19 heavy (non-hydrogen) atoms. The second-order valence-electron chi connectivity index (χ2n) is 5.03. The van der Waals surface area contributed by atoms with Crippen LogP contribution in [-0.4, -0.2) is 37.5 Å². The second-order valence-corrected chi connectivity index (χ2v) is 5.03. The normalized spacial score (nSPS) is 17.4. The standard InChI is InChI=1S/C15H23NO3/c1-18-14-7-4-8-15(9-14)19-11-13(17)10-16-12-5-2-3-6-12/h4,7-9,12-13,16-17H,2-3,5-6,10-11H2,1H3/t13-/m0/s1. The summed E-state index contributed by atoms with van der Waals surface area (Å²) < 4.78 is 10.7. The lowest BCUT2D eigenvalue weighted by Gasteiger charge is -2.16. The molecular formula is C15H23NO3. The van der Waals surface area contributed by atoms with Crippen LogP contribution < -0.4 is 14.8 Å². The zero-order valence-electron chi connectivity index (χ0n) is 11.5. The Bertz CT molecular complexity index is 377. The molecule has 1 aliphatic carbocycles. The monoisotopic (exact) mass is 265 g/mol. The molecule has 0 aromatic heterocycles. The molecular weight excluding hydrogens is 242 g/mol. The van der Waals surface area contributed by atoms with Gasteiger partial charge in [-0.15, -0.1) is 0 Å². The van der Waals surface area contributed by atoms with E-state index >= 15 is 0 Å². The van der Waals surface area contributed by atoms with Gasteiger partial charge in [0.2, 0.25) is 0 Å². The van der Waals surface area contributed by atoms with Gasteiger partial charge in [0.05, 0.1) is 7.11 Å². The lowest BCUT2D eigenvalue weighted by atomic mass is 10.2. The molecule has 1 atom stereocenters. The molecule has 0 spiro atoms. The van der Waals surface area contributed by atoms with Gasteiger partial charge in [-0.25, -0.2) is 0 Å². The quantitative estimate of drug-likeness (QED) is 0.791. The summed E-state index contributed by atoms with van der Waals surface area (Å²) in [5.41, 5.74) is 0. The average molecular weight is 265 g/mol. The van der Waals surface area contributed by atoms with Crippen LogP contribution >= 0.6 is 0 Å². The first kappa shape index (κ1) is 14.2. The molecule has 2 rings (SSSR count). The van der Waals surface area contributed by atoms with Gasteiger partial charge in [0.25, 0.3) is 0 Å². The van der Waals surface area contributed by atoms with Crippen LogP contribution in [0.15, 0.2) is 24.3 Å². The van der Waals surface area contributed by atoms with E-state index in [-0.39, 0.29) is 0 Å². The van der Waals surface area contributed by atoms with Crippen LogP contribution in [0.2, 0.25) is 0 Å². The maximum Gasteiger partial charge on any atom is 0.123 e. The van der Waals surface area contributed by atoms with Gasteiger partial charge in [-0.3, -0.25) is 0 Å². The molecule has 106 valence electrons. The Hall–Kier alpha value is -1.26. The molecule has 0 bridgehead atoms. The molecule has 0 saturated heterocycles. The second kappa shape index (κ2) is 7.36. The molecule has 1 aliphatic rings. The highest BCUT2D eigenvalue weighted by atomic mass is 16.5. The minimum atomic E-state index is -0.480. The van der Waals surface area contributed by atoms with Gasteiger partial charge in [0, 0.05) is 18.7 Å². The summed E-state index contributed by atoms with van der Waals surface area (Å²) in [6, 6.07) is 7.99. The summed E-state index contributed by atoms with van der Waals surface area (Å²) in [5.74, 6) is 1.48. The van der Waals surface area contributed by atoms with E-state index in [2.05, 4.69) is 5.32 Å². The molecule has 0 amide bonds. The molecule has 4 heteroatoms. The van der Waals surface area contributed by atoms with Gasteiger partial charge < -0.3 is 19.9 Å². The van der Waals surface area contributed by atoms with E-state index in [1.807, 2.05) is 24.3 Å². The Labute approximate surface area is 114 Å². The topological polar surface area (TPSA) is 50.7 Å². The maximum absolute atomic E-state index is 9.88. The first-order valence-electron chi connectivity index (χ1n) is 6.96. The van der Waals surface area contributed by atoms with Crippen LogP contribution in [0.25, 0.3) is 0 Å². The third-order valence-electron chi connectivity index (χ3n) is 3.48. The Balaban J connectivity index is 1.68. The molecule has 4 nitrogen and oxygen atoms in total. The number of benzene rings is 1. The summed E-state index contributed by atoms with van der Waals surface area (Å²) in [7, 11) is 1.62. The Morgan fingerprint density at radius 2 is 2.05 bits per heavy atom. The van der Waals surface area contributed by atoms with Gasteiger partial charge in [0.15, 0.2) is 0 Å². The highest BCUT2D eigenvalue weighted by Crippen LogP contribution is 2.19. The minimum absolute atomic E-state index is 0.298. The minimum Gasteiger partial charge on any atom is -0.497 e. The molecule has 1 fully saturated rings. The van der Waals surface area contributed by atoms with Gasteiger partial charge in [-0.1, -0.05) is 18.9 Å². The van der Waals surface area contributed by atoms with Crippen molar-refractivity contribution in [3.05, 3.63) is 24.3 Å². The third-order valence-corrected chi connectivity index (χ3v) is 3.48. The number of aliphatic hydroxyl groups excluding tert-OH is 1. The van der Waals surface area contributed by atoms with Crippen LogP contribution in [0, 0.1) is 0 Å². The van der Waals surface area contributed by atoms with Crippen molar-refractivity contribution in [3.63, 3.8) is 0 Å². The predicted octanol–water partition coefficient (Wildman–Crippen LogP) is 1.97. The molecule has 0 heterocycles. The summed E-state index contributed by atoms with van der Waals surface area (Å²) in [5, 5.41) is 13.3. The van der Waals surface area contributed by atoms with Gasteiger partial charge >= 0.3 is 0 Å². The van der Waals surface area contributed by atoms with Crippen LogP contribution in [-0.2, 0) is 0 Å². The van der Waals surface area contributed by atoms with Gasteiger partial charge in [0.1, 0.15) is 24.2 Å². The highest BCUT2D eigenvalue weighted by Gasteiger charge is 2.15. The van der Waals surface area contributed by atoms with Crippen LogP contribution in [0.4, 0.5) is 0 Å². The Morgan fingerprint density at radius 3 is 2.79 bits per heavy atom. The smallest absolute Gasteiger partial charge is 0.123 e. The van der Waals surface area contributed by atoms with E-state index in [0.29, 0.717) is 19.2 Å². The van der Waals surface area contributed by atoms with Crippen molar-refractivity contribution < 1.29 is 14.6 Å². The van der Waals surface area contributed by atoms with Crippen molar-refractivity contribution in [1.29, 1.82) is 0 Å². The van der Waals surface area contributed by atoms with E-state index in [1.165, 1.54) is 25.7 Å².